The maximum atomic E-state index is 15.1. The van der Waals surface area contributed by atoms with Gasteiger partial charge in [-0.3, -0.25) is 47.9 Å². The van der Waals surface area contributed by atoms with Crippen LogP contribution in [-0.2, 0) is 72.0 Å². The highest BCUT2D eigenvalue weighted by atomic mass is 16.4. The van der Waals surface area contributed by atoms with Crippen LogP contribution in [0.4, 0.5) is 0 Å². The lowest BCUT2D eigenvalue weighted by Gasteiger charge is -2.30. The second-order valence-corrected chi connectivity index (χ2v) is 28.1. The van der Waals surface area contributed by atoms with Crippen LogP contribution in [0.2, 0.25) is 0 Å². The topological polar surface area (TPSA) is 503 Å². The number of carbonyl (C=O) groups excluding carboxylic acids is 10. The monoisotopic (exact) mass is 1450 g/mol. The summed E-state index contributed by atoms with van der Waals surface area (Å²) in [6.07, 6.45) is 9.50. The average molecular weight is 1450 g/mol. The molecule has 578 valence electrons. The number of nitrogens with zero attached hydrogens (tertiary/aromatic N) is 1. The van der Waals surface area contributed by atoms with Crippen LogP contribution in [0.25, 0.3) is 10.9 Å². The van der Waals surface area contributed by atoms with Crippen molar-refractivity contribution in [1.82, 2.24) is 68.1 Å². The van der Waals surface area contributed by atoms with Crippen molar-refractivity contribution in [2.45, 2.75) is 244 Å². The summed E-state index contributed by atoms with van der Waals surface area (Å²) in [6.45, 7) is 15.7. The fraction of sp³-hybridized carbons (Fsp3) is 0.622. The minimum Gasteiger partial charge on any atom is -0.480 e. The number of imidazole rings is 1. The van der Waals surface area contributed by atoms with E-state index < -0.39 is 143 Å². The Morgan fingerprint density at radius 2 is 0.808 bits per heavy atom. The van der Waals surface area contributed by atoms with Gasteiger partial charge in [-0.2, -0.15) is 0 Å². The number of amides is 10. The molecule has 23 N–H and O–H groups in total. The smallest absolute Gasteiger partial charge is 0.326 e. The molecule has 0 aliphatic heterocycles. The van der Waals surface area contributed by atoms with Gasteiger partial charge in [-0.25, -0.2) is 9.78 Å². The molecule has 0 saturated heterocycles. The lowest BCUT2D eigenvalue weighted by atomic mass is 9.95. The zero-order chi connectivity index (χ0) is 76.8. The minimum atomic E-state index is -1.42. The summed E-state index contributed by atoms with van der Waals surface area (Å²) >= 11 is 0. The molecule has 4 aromatic rings. The largest absolute Gasteiger partial charge is 0.480 e. The molecule has 0 aliphatic carbocycles. The maximum Gasteiger partial charge on any atom is 0.326 e. The van der Waals surface area contributed by atoms with Gasteiger partial charge in [-0.1, -0.05) is 123 Å². The number of nitrogens with one attached hydrogen (secondary N) is 12. The number of carbonyl (C=O) groups is 11. The van der Waals surface area contributed by atoms with Crippen molar-refractivity contribution < 1.29 is 57.8 Å². The molecule has 4 rings (SSSR count). The number of nitrogens with two attached hydrogens (primary N) is 5. The van der Waals surface area contributed by atoms with Gasteiger partial charge in [0.25, 0.3) is 0 Å². The number of carboxylic acids is 1. The summed E-state index contributed by atoms with van der Waals surface area (Å²) in [5.41, 5.74) is 32.1. The van der Waals surface area contributed by atoms with Gasteiger partial charge in [0.2, 0.25) is 59.1 Å². The van der Waals surface area contributed by atoms with Crippen LogP contribution >= 0.6 is 0 Å². The average Bonchev–Trinajstić information content (AvgIpc) is 1.53. The Hall–Kier alpha value is -8.84. The number of hydrogen-bond acceptors (Lipinski definition) is 17. The van der Waals surface area contributed by atoms with Crippen molar-refractivity contribution in [3.63, 3.8) is 0 Å². The van der Waals surface area contributed by atoms with Crippen LogP contribution in [0, 0.1) is 23.7 Å². The SMILES string of the molecule is CC[C@H](C)[C@H](NC(=O)[C@@H](NC(=O)[C@H](CCCCN)NC(=O)[C@H](Cc1c[nH]c2ccccc12)NC(=O)[C@H](CCCCN)NC(=O)[C@H](CC(C)C)NC(=O)[C@H](Cc1cnc[nH]1)NC(=O)[C@H](CCCCN)NC(=O)[C@H](Cc1ccccc1)NC(=O)[C@H](CC(C)C)NC(=O)[C@@H](N)CCCCN)[C@@H](C)CC)C(=O)O. The number of aliphatic carboxylic acids is 1. The van der Waals surface area contributed by atoms with E-state index in [9.17, 15) is 48.3 Å². The van der Waals surface area contributed by atoms with E-state index >= 15 is 9.59 Å². The van der Waals surface area contributed by atoms with E-state index in [1.807, 2.05) is 58.9 Å². The first-order chi connectivity index (χ1) is 49.7. The van der Waals surface area contributed by atoms with E-state index in [0.717, 1.165) is 10.9 Å². The van der Waals surface area contributed by atoms with E-state index in [1.165, 1.54) is 12.5 Å². The van der Waals surface area contributed by atoms with Crippen molar-refractivity contribution in [2.24, 2.45) is 52.3 Å². The number of para-hydroxylation sites is 1. The summed E-state index contributed by atoms with van der Waals surface area (Å²) in [7, 11) is 0. The molecule has 2 heterocycles. The number of rotatable bonds is 51. The van der Waals surface area contributed by atoms with E-state index in [4.69, 9.17) is 28.7 Å². The lowest BCUT2D eigenvalue weighted by molar-refractivity contribution is -0.144. The number of aromatic amines is 2. The van der Waals surface area contributed by atoms with Crippen LogP contribution in [0.15, 0.2) is 73.3 Å². The van der Waals surface area contributed by atoms with Crippen LogP contribution in [-0.4, -0.2) is 178 Å². The van der Waals surface area contributed by atoms with Crippen LogP contribution < -0.4 is 81.8 Å². The molecule has 104 heavy (non-hydrogen) atoms. The molecule has 13 atom stereocenters. The molecule has 2 aromatic carbocycles. The first kappa shape index (κ1) is 87.6. The van der Waals surface area contributed by atoms with Gasteiger partial charge in [0.1, 0.15) is 60.4 Å². The third-order valence-electron chi connectivity index (χ3n) is 18.6. The Bertz CT molecular complexity index is 3320. The molecular weight excluding hydrogens is 1330 g/mol. The second-order valence-electron chi connectivity index (χ2n) is 28.1. The van der Waals surface area contributed by atoms with Crippen molar-refractivity contribution in [3.8, 4) is 0 Å². The number of unbranched alkanes of at least 4 members (excludes halogenated alkanes) is 4. The fourth-order valence-electron chi connectivity index (χ4n) is 12.0. The van der Waals surface area contributed by atoms with E-state index in [2.05, 4.69) is 68.1 Å². The quantitative estimate of drug-likeness (QED) is 0.0281. The summed E-state index contributed by atoms with van der Waals surface area (Å²) in [5.74, 6) is -9.77. The summed E-state index contributed by atoms with van der Waals surface area (Å²) in [6, 6.07) is 2.43. The molecule has 0 saturated carbocycles. The number of H-pyrrole nitrogens is 2. The predicted molar refractivity (Wildman–Crippen MR) is 399 cm³/mol. The zero-order valence-corrected chi connectivity index (χ0v) is 62.1. The lowest BCUT2D eigenvalue weighted by Crippen LogP contribution is -2.61. The van der Waals surface area contributed by atoms with Crippen LogP contribution in [0.3, 0.4) is 0 Å². The Morgan fingerprint density at radius 1 is 0.423 bits per heavy atom. The maximum absolute atomic E-state index is 15.1. The highest BCUT2D eigenvalue weighted by Gasteiger charge is 2.38. The van der Waals surface area contributed by atoms with Gasteiger partial charge in [0, 0.05) is 48.3 Å². The molecule has 0 radical (unpaired) electrons. The van der Waals surface area contributed by atoms with Gasteiger partial charge < -0.3 is 96.9 Å². The molecule has 10 amide bonds. The first-order valence-electron chi connectivity index (χ1n) is 37.1. The van der Waals surface area contributed by atoms with E-state index in [-0.39, 0.29) is 82.8 Å². The van der Waals surface area contributed by atoms with E-state index in [0.29, 0.717) is 94.0 Å². The van der Waals surface area contributed by atoms with Crippen LogP contribution in [0.5, 0.6) is 0 Å². The van der Waals surface area contributed by atoms with Crippen molar-refractivity contribution in [2.75, 3.05) is 26.2 Å². The summed E-state index contributed by atoms with van der Waals surface area (Å²) in [4.78, 5) is 168. The number of carboxylic acid groups (broad SMARTS) is 1. The second kappa shape index (κ2) is 46.8. The van der Waals surface area contributed by atoms with Gasteiger partial charge in [0.15, 0.2) is 0 Å². The van der Waals surface area contributed by atoms with Gasteiger partial charge >= 0.3 is 5.97 Å². The Balaban J connectivity index is 1.69. The van der Waals surface area contributed by atoms with E-state index in [1.54, 1.807) is 57.3 Å². The number of aromatic nitrogens is 3. The molecule has 0 fully saturated rings. The molecule has 30 nitrogen and oxygen atoms in total. The molecule has 2 aromatic heterocycles. The predicted octanol–water partition coefficient (Wildman–Crippen LogP) is 1.88. The fourth-order valence-corrected chi connectivity index (χ4v) is 12.0. The zero-order valence-electron chi connectivity index (χ0n) is 62.1. The molecule has 0 unspecified atom stereocenters. The Morgan fingerprint density at radius 3 is 1.26 bits per heavy atom. The highest BCUT2D eigenvalue weighted by molar-refractivity contribution is 5.99. The van der Waals surface area contributed by atoms with Gasteiger partial charge in [-0.05, 0) is 151 Å². The summed E-state index contributed by atoms with van der Waals surface area (Å²) < 4.78 is 0. The Labute approximate surface area is 611 Å². The summed E-state index contributed by atoms with van der Waals surface area (Å²) in [5, 5.41) is 38.9. The normalized spacial score (nSPS) is 15.2. The first-order valence-corrected chi connectivity index (χ1v) is 37.1. The third kappa shape index (κ3) is 30.1. The van der Waals surface area contributed by atoms with Crippen molar-refractivity contribution >= 4 is 75.9 Å². The highest BCUT2D eigenvalue weighted by Crippen LogP contribution is 2.21. The molecular formula is C74H120N18O12. The number of fused-ring (bicyclic) bond motifs is 1. The van der Waals surface area contributed by atoms with Crippen LogP contribution in [0.1, 0.15) is 175 Å². The third-order valence-corrected chi connectivity index (χ3v) is 18.6. The Kier molecular flexibility index (Phi) is 39.4. The number of benzene rings is 2. The molecule has 0 spiro atoms. The standard InChI is InChI=1S/C74H120N18O12/c1-9-46(7)62(73(102)92-63(74(103)104)47(8)10-2)91-67(96)56(31-19-23-35-78)85-71(100)60(39-49-41-81-53-28-15-14-26-51(49)53)89-65(94)54(29-17-21-33-76)83-68(97)58(37-45(5)6)87-72(101)61(40-50-42-80-43-82-50)90-66(95)55(30-18-22-34-77)84-70(99)59(38-48-24-12-11-13-25-48)88-69(98)57(36-44(3)4)86-64(93)52(79)27-16-20-32-75/h11-15,24-26,28,41-47,52,54-63,81H,9-10,16-23,27,29-40,75-79H2,1-8H3,(H,80,82)(H,83,97)(H,84,99)(H,85,100)(H,86,93)(H,87,101)(H,88,98)(H,89,94)(H,90,95)(H,91,96)(H,92,102)(H,103,104)/t46-,47-,52-,54-,55-,56-,57-,58-,59-,60-,61-,62-,63-/m0/s1. The van der Waals surface area contributed by atoms with Gasteiger partial charge in [-0.15, -0.1) is 0 Å². The molecule has 30 heteroatoms. The number of hydrogen-bond donors (Lipinski definition) is 18. The minimum absolute atomic E-state index is 0.0178. The van der Waals surface area contributed by atoms with Gasteiger partial charge in [0.05, 0.1) is 12.4 Å². The van der Waals surface area contributed by atoms with Crippen molar-refractivity contribution in [3.05, 3.63) is 90.1 Å². The van der Waals surface area contributed by atoms with Crippen molar-refractivity contribution in [1.29, 1.82) is 0 Å². The molecule has 0 bridgehead atoms. The molecule has 0 aliphatic rings.